The van der Waals surface area contributed by atoms with Gasteiger partial charge in [-0.25, -0.2) is 9.78 Å². The van der Waals surface area contributed by atoms with E-state index in [0.29, 0.717) is 10.6 Å². The number of rotatable bonds is 6. The van der Waals surface area contributed by atoms with Crippen molar-refractivity contribution in [2.75, 3.05) is 5.75 Å². The fourth-order valence-corrected chi connectivity index (χ4v) is 2.39. The number of aromatic carboxylic acids is 1. The van der Waals surface area contributed by atoms with Crippen molar-refractivity contribution >= 4 is 17.7 Å². The SMILES string of the molecule is CCCCCSc1nc(C)ccc1C(=O)O. The van der Waals surface area contributed by atoms with E-state index in [1.54, 1.807) is 12.1 Å². The van der Waals surface area contributed by atoms with Crippen LogP contribution in [0.3, 0.4) is 0 Å². The number of unbranched alkanes of at least 4 members (excludes halogenated alkanes) is 2. The monoisotopic (exact) mass is 239 g/mol. The number of carboxylic acids is 1. The van der Waals surface area contributed by atoms with Gasteiger partial charge in [0.2, 0.25) is 0 Å². The van der Waals surface area contributed by atoms with E-state index in [0.717, 1.165) is 17.9 Å². The van der Waals surface area contributed by atoms with Gasteiger partial charge >= 0.3 is 5.97 Å². The zero-order chi connectivity index (χ0) is 12.0. The summed E-state index contributed by atoms with van der Waals surface area (Å²) in [6.45, 7) is 4.03. The Kier molecular flexibility index (Phi) is 5.32. The maximum atomic E-state index is 11.0. The molecule has 16 heavy (non-hydrogen) atoms. The summed E-state index contributed by atoms with van der Waals surface area (Å²) in [6.07, 6.45) is 3.46. The first-order valence-corrected chi connectivity index (χ1v) is 6.47. The zero-order valence-corrected chi connectivity index (χ0v) is 10.5. The van der Waals surface area contributed by atoms with Crippen molar-refractivity contribution in [3.63, 3.8) is 0 Å². The summed E-state index contributed by atoms with van der Waals surface area (Å²) in [5.41, 5.74) is 1.18. The standard InChI is InChI=1S/C12H17NO2S/c1-3-4-5-8-16-11-10(12(14)15)7-6-9(2)13-11/h6-7H,3-5,8H2,1-2H3,(H,14,15). The summed E-state index contributed by atoms with van der Waals surface area (Å²) in [4.78, 5) is 15.2. The predicted octanol–water partition coefficient (Wildman–Crippen LogP) is 3.37. The average Bonchev–Trinajstić information content (AvgIpc) is 2.24. The molecule has 1 aromatic rings. The van der Waals surface area contributed by atoms with Crippen LogP contribution >= 0.6 is 11.8 Å². The third kappa shape index (κ3) is 3.85. The predicted molar refractivity (Wildman–Crippen MR) is 66.2 cm³/mol. The van der Waals surface area contributed by atoms with Gasteiger partial charge in [-0.2, -0.15) is 0 Å². The van der Waals surface area contributed by atoms with Crippen LogP contribution in [0.5, 0.6) is 0 Å². The fourth-order valence-electron chi connectivity index (χ4n) is 1.33. The molecule has 88 valence electrons. The van der Waals surface area contributed by atoms with Crippen LogP contribution in [0.25, 0.3) is 0 Å². The number of carboxylic acid groups (broad SMARTS) is 1. The molecule has 0 atom stereocenters. The van der Waals surface area contributed by atoms with E-state index >= 15 is 0 Å². The number of aryl methyl sites for hydroxylation is 1. The number of pyridine rings is 1. The molecule has 0 aliphatic carbocycles. The Morgan fingerprint density at radius 3 is 2.81 bits per heavy atom. The Morgan fingerprint density at radius 2 is 2.19 bits per heavy atom. The first kappa shape index (κ1) is 13.0. The van der Waals surface area contributed by atoms with Crippen LogP contribution < -0.4 is 0 Å². The first-order chi connectivity index (χ1) is 7.65. The molecule has 0 amide bonds. The number of aromatic nitrogens is 1. The Hall–Kier alpha value is -1.03. The van der Waals surface area contributed by atoms with E-state index in [2.05, 4.69) is 11.9 Å². The molecule has 0 spiro atoms. The molecule has 1 N–H and O–H groups in total. The number of carbonyl (C=O) groups is 1. The third-order valence-electron chi connectivity index (χ3n) is 2.22. The van der Waals surface area contributed by atoms with Crippen molar-refractivity contribution in [3.05, 3.63) is 23.4 Å². The van der Waals surface area contributed by atoms with Crippen LogP contribution in [0.2, 0.25) is 0 Å². The zero-order valence-electron chi connectivity index (χ0n) is 9.69. The molecule has 3 nitrogen and oxygen atoms in total. The van der Waals surface area contributed by atoms with Gasteiger partial charge in [-0.15, -0.1) is 11.8 Å². The summed E-state index contributed by atoms with van der Waals surface area (Å²) < 4.78 is 0. The van der Waals surface area contributed by atoms with Gasteiger partial charge < -0.3 is 5.11 Å². The van der Waals surface area contributed by atoms with E-state index in [9.17, 15) is 4.79 Å². The molecule has 1 heterocycles. The van der Waals surface area contributed by atoms with Crippen LogP contribution in [0.15, 0.2) is 17.2 Å². The van der Waals surface area contributed by atoms with Crippen molar-refractivity contribution in [2.45, 2.75) is 38.1 Å². The van der Waals surface area contributed by atoms with E-state index in [4.69, 9.17) is 5.11 Å². The second-order valence-corrected chi connectivity index (χ2v) is 4.75. The highest BCUT2D eigenvalue weighted by molar-refractivity contribution is 7.99. The summed E-state index contributed by atoms with van der Waals surface area (Å²) in [7, 11) is 0. The van der Waals surface area contributed by atoms with Gasteiger partial charge in [-0.1, -0.05) is 19.8 Å². The van der Waals surface area contributed by atoms with Crippen LogP contribution in [0.4, 0.5) is 0 Å². The third-order valence-corrected chi connectivity index (χ3v) is 3.29. The lowest BCUT2D eigenvalue weighted by atomic mass is 10.2. The molecule has 0 radical (unpaired) electrons. The maximum Gasteiger partial charge on any atom is 0.338 e. The lowest BCUT2D eigenvalue weighted by molar-refractivity contribution is 0.0692. The quantitative estimate of drug-likeness (QED) is 0.611. The van der Waals surface area contributed by atoms with Crippen LogP contribution in [-0.2, 0) is 0 Å². The molecule has 1 aromatic heterocycles. The molecule has 4 heteroatoms. The molecule has 0 bridgehead atoms. The van der Waals surface area contributed by atoms with E-state index in [-0.39, 0.29) is 0 Å². The van der Waals surface area contributed by atoms with Gasteiger partial charge in [0, 0.05) is 5.69 Å². The topological polar surface area (TPSA) is 50.2 Å². The van der Waals surface area contributed by atoms with Crippen molar-refractivity contribution in [3.8, 4) is 0 Å². The highest BCUT2D eigenvalue weighted by Gasteiger charge is 2.11. The molecule has 0 saturated carbocycles. The average molecular weight is 239 g/mol. The van der Waals surface area contributed by atoms with Gasteiger partial charge in [-0.05, 0) is 31.2 Å². The van der Waals surface area contributed by atoms with E-state index in [1.165, 1.54) is 24.6 Å². The molecule has 0 aromatic carbocycles. The Bertz CT molecular complexity index is 366. The number of hydrogen-bond acceptors (Lipinski definition) is 3. The minimum atomic E-state index is -0.898. The van der Waals surface area contributed by atoms with Crippen molar-refractivity contribution < 1.29 is 9.90 Å². The molecule has 0 unspecified atom stereocenters. The van der Waals surface area contributed by atoms with E-state index < -0.39 is 5.97 Å². The lowest BCUT2D eigenvalue weighted by Crippen LogP contribution is -2.02. The van der Waals surface area contributed by atoms with Crippen LogP contribution in [-0.4, -0.2) is 21.8 Å². The summed E-state index contributed by atoms with van der Waals surface area (Å²) in [6, 6.07) is 3.37. The Balaban J connectivity index is 2.68. The van der Waals surface area contributed by atoms with Gasteiger partial charge in [-0.3, -0.25) is 0 Å². The second-order valence-electron chi connectivity index (χ2n) is 3.67. The molecule has 0 aliphatic rings. The molecular formula is C12H17NO2S. The largest absolute Gasteiger partial charge is 0.478 e. The first-order valence-electron chi connectivity index (χ1n) is 5.49. The molecule has 0 aliphatic heterocycles. The van der Waals surface area contributed by atoms with Crippen LogP contribution in [0.1, 0.15) is 42.2 Å². The smallest absolute Gasteiger partial charge is 0.338 e. The summed E-state index contributed by atoms with van der Waals surface area (Å²) >= 11 is 1.54. The molecular weight excluding hydrogens is 222 g/mol. The maximum absolute atomic E-state index is 11.0. The van der Waals surface area contributed by atoms with Crippen molar-refractivity contribution in [1.29, 1.82) is 0 Å². The Morgan fingerprint density at radius 1 is 1.44 bits per heavy atom. The normalized spacial score (nSPS) is 10.4. The Labute approximate surface area is 100 Å². The fraction of sp³-hybridized carbons (Fsp3) is 0.500. The molecule has 0 saturated heterocycles. The minimum absolute atomic E-state index is 0.312. The lowest BCUT2D eigenvalue weighted by Gasteiger charge is -2.05. The van der Waals surface area contributed by atoms with Crippen molar-refractivity contribution in [2.24, 2.45) is 0 Å². The summed E-state index contributed by atoms with van der Waals surface area (Å²) in [5.74, 6) is 0.0374. The number of nitrogens with zero attached hydrogens (tertiary/aromatic N) is 1. The summed E-state index contributed by atoms with van der Waals surface area (Å²) in [5, 5.41) is 9.65. The second kappa shape index (κ2) is 6.53. The van der Waals surface area contributed by atoms with E-state index in [1.807, 2.05) is 6.92 Å². The number of thioether (sulfide) groups is 1. The van der Waals surface area contributed by atoms with Crippen LogP contribution in [0, 0.1) is 6.92 Å². The minimum Gasteiger partial charge on any atom is -0.478 e. The van der Waals surface area contributed by atoms with Gasteiger partial charge in [0.05, 0.1) is 5.56 Å². The van der Waals surface area contributed by atoms with Gasteiger partial charge in [0.1, 0.15) is 5.03 Å². The van der Waals surface area contributed by atoms with Crippen molar-refractivity contribution in [1.82, 2.24) is 4.98 Å². The highest BCUT2D eigenvalue weighted by atomic mass is 32.2. The molecule has 0 fully saturated rings. The number of hydrogen-bond donors (Lipinski definition) is 1. The molecule has 1 rings (SSSR count). The van der Waals surface area contributed by atoms with Gasteiger partial charge in [0.15, 0.2) is 0 Å². The highest BCUT2D eigenvalue weighted by Crippen LogP contribution is 2.22. The van der Waals surface area contributed by atoms with Gasteiger partial charge in [0.25, 0.3) is 0 Å².